The summed E-state index contributed by atoms with van der Waals surface area (Å²) in [6, 6.07) is 8.00. The SMILES string of the molecule is CC(C)C(=O)NC(=S)Nc1ccc(N2CCOCC2)cc1. The number of hydrogen-bond acceptors (Lipinski definition) is 4. The van der Waals surface area contributed by atoms with Gasteiger partial charge in [-0.25, -0.2) is 0 Å². The van der Waals surface area contributed by atoms with Gasteiger partial charge in [0.1, 0.15) is 0 Å². The van der Waals surface area contributed by atoms with Gasteiger partial charge < -0.3 is 20.3 Å². The lowest BCUT2D eigenvalue weighted by atomic mass is 10.2. The van der Waals surface area contributed by atoms with Crippen molar-refractivity contribution >= 4 is 34.6 Å². The van der Waals surface area contributed by atoms with Crippen LogP contribution in [-0.4, -0.2) is 37.3 Å². The number of amides is 1. The Morgan fingerprint density at radius 2 is 1.86 bits per heavy atom. The zero-order valence-corrected chi connectivity index (χ0v) is 13.2. The first-order valence-electron chi connectivity index (χ1n) is 7.11. The van der Waals surface area contributed by atoms with Crippen LogP contribution in [0.15, 0.2) is 24.3 Å². The van der Waals surface area contributed by atoms with Crippen molar-refractivity contribution in [1.29, 1.82) is 0 Å². The summed E-state index contributed by atoms with van der Waals surface area (Å²) in [6.45, 7) is 7.02. The molecular formula is C15H21N3O2S. The maximum atomic E-state index is 11.5. The Hall–Kier alpha value is -1.66. The molecule has 1 amide bonds. The second-order valence-corrected chi connectivity index (χ2v) is 5.65. The van der Waals surface area contributed by atoms with Crippen LogP contribution in [0.3, 0.4) is 0 Å². The largest absolute Gasteiger partial charge is 0.378 e. The molecule has 0 aliphatic carbocycles. The predicted molar refractivity (Wildman–Crippen MR) is 88.7 cm³/mol. The lowest BCUT2D eigenvalue weighted by Gasteiger charge is -2.28. The Kier molecular flexibility index (Phi) is 5.52. The summed E-state index contributed by atoms with van der Waals surface area (Å²) in [5.74, 6) is -0.175. The van der Waals surface area contributed by atoms with Crippen LogP contribution in [0.2, 0.25) is 0 Å². The van der Waals surface area contributed by atoms with Gasteiger partial charge in [-0.05, 0) is 36.5 Å². The highest BCUT2D eigenvalue weighted by Crippen LogP contribution is 2.18. The van der Waals surface area contributed by atoms with Crippen LogP contribution in [0, 0.1) is 5.92 Å². The molecule has 0 atom stereocenters. The number of nitrogens with one attached hydrogen (secondary N) is 2. The quantitative estimate of drug-likeness (QED) is 0.837. The van der Waals surface area contributed by atoms with Crippen molar-refractivity contribution in [2.75, 3.05) is 36.5 Å². The van der Waals surface area contributed by atoms with Gasteiger partial charge in [0, 0.05) is 30.4 Å². The van der Waals surface area contributed by atoms with Crippen LogP contribution in [0.5, 0.6) is 0 Å². The number of benzene rings is 1. The van der Waals surface area contributed by atoms with E-state index in [1.807, 2.05) is 38.1 Å². The Labute approximate surface area is 130 Å². The van der Waals surface area contributed by atoms with Gasteiger partial charge >= 0.3 is 0 Å². The zero-order valence-electron chi connectivity index (χ0n) is 12.4. The van der Waals surface area contributed by atoms with E-state index < -0.39 is 0 Å². The summed E-state index contributed by atoms with van der Waals surface area (Å²) in [5, 5.41) is 6.00. The number of ether oxygens (including phenoxy) is 1. The number of morpholine rings is 1. The van der Waals surface area contributed by atoms with E-state index in [1.54, 1.807) is 0 Å². The minimum Gasteiger partial charge on any atom is -0.378 e. The second kappa shape index (κ2) is 7.38. The highest BCUT2D eigenvalue weighted by Gasteiger charge is 2.11. The highest BCUT2D eigenvalue weighted by atomic mass is 32.1. The summed E-state index contributed by atoms with van der Waals surface area (Å²) in [5.41, 5.74) is 2.03. The minimum atomic E-state index is -0.0894. The smallest absolute Gasteiger partial charge is 0.228 e. The van der Waals surface area contributed by atoms with E-state index in [4.69, 9.17) is 17.0 Å². The summed E-state index contributed by atoms with van der Waals surface area (Å²) >= 11 is 5.12. The van der Waals surface area contributed by atoms with Crippen molar-refractivity contribution in [3.8, 4) is 0 Å². The van der Waals surface area contributed by atoms with E-state index in [1.165, 1.54) is 5.69 Å². The molecule has 21 heavy (non-hydrogen) atoms. The van der Waals surface area contributed by atoms with Gasteiger partial charge in [-0.2, -0.15) is 0 Å². The van der Waals surface area contributed by atoms with Crippen LogP contribution < -0.4 is 15.5 Å². The van der Waals surface area contributed by atoms with Gasteiger partial charge in [-0.3, -0.25) is 4.79 Å². The molecule has 0 bridgehead atoms. The molecule has 1 aromatic rings. The van der Waals surface area contributed by atoms with E-state index in [0.29, 0.717) is 5.11 Å². The van der Waals surface area contributed by atoms with Crippen molar-refractivity contribution < 1.29 is 9.53 Å². The zero-order chi connectivity index (χ0) is 15.2. The molecule has 0 spiro atoms. The van der Waals surface area contributed by atoms with E-state index >= 15 is 0 Å². The van der Waals surface area contributed by atoms with Crippen LogP contribution >= 0.6 is 12.2 Å². The average Bonchev–Trinajstić information content (AvgIpc) is 2.48. The molecule has 1 saturated heterocycles. The van der Waals surface area contributed by atoms with Gasteiger partial charge in [-0.15, -0.1) is 0 Å². The molecular weight excluding hydrogens is 286 g/mol. The highest BCUT2D eigenvalue weighted by molar-refractivity contribution is 7.80. The monoisotopic (exact) mass is 307 g/mol. The fourth-order valence-electron chi connectivity index (χ4n) is 2.00. The fraction of sp³-hybridized carbons (Fsp3) is 0.467. The third-order valence-electron chi connectivity index (χ3n) is 3.26. The number of carbonyl (C=O) groups is 1. The summed E-state index contributed by atoms with van der Waals surface area (Å²) in [6.07, 6.45) is 0. The Morgan fingerprint density at radius 3 is 2.43 bits per heavy atom. The predicted octanol–water partition coefficient (Wildman–Crippen LogP) is 1.99. The third kappa shape index (κ3) is 4.68. The lowest BCUT2D eigenvalue weighted by Crippen LogP contribution is -2.37. The Balaban J connectivity index is 1.90. The van der Waals surface area contributed by atoms with E-state index in [0.717, 1.165) is 32.0 Å². The third-order valence-corrected chi connectivity index (χ3v) is 3.47. The van der Waals surface area contributed by atoms with E-state index in [9.17, 15) is 4.79 Å². The second-order valence-electron chi connectivity index (χ2n) is 5.24. The molecule has 1 aliphatic heterocycles. The number of rotatable bonds is 3. The number of anilines is 2. The maximum absolute atomic E-state index is 11.5. The standard InChI is InChI=1S/C15H21N3O2S/c1-11(2)14(19)17-15(21)16-12-3-5-13(6-4-12)18-7-9-20-10-8-18/h3-6,11H,7-10H2,1-2H3,(H2,16,17,19,21). The fourth-order valence-corrected chi connectivity index (χ4v) is 2.21. The van der Waals surface area contributed by atoms with Crippen LogP contribution in [-0.2, 0) is 9.53 Å². The maximum Gasteiger partial charge on any atom is 0.228 e. The minimum absolute atomic E-state index is 0.0857. The van der Waals surface area contributed by atoms with Crippen LogP contribution in [0.25, 0.3) is 0 Å². The Bertz CT molecular complexity index is 496. The lowest BCUT2D eigenvalue weighted by molar-refractivity contribution is -0.122. The van der Waals surface area contributed by atoms with Gasteiger partial charge in [0.15, 0.2) is 5.11 Å². The van der Waals surface area contributed by atoms with Crippen molar-refractivity contribution in [3.05, 3.63) is 24.3 Å². The van der Waals surface area contributed by atoms with E-state index in [-0.39, 0.29) is 11.8 Å². The van der Waals surface area contributed by atoms with Crippen molar-refractivity contribution in [2.45, 2.75) is 13.8 Å². The van der Waals surface area contributed by atoms with Gasteiger partial charge in [0.25, 0.3) is 0 Å². The molecule has 0 unspecified atom stereocenters. The average molecular weight is 307 g/mol. The number of nitrogens with zero attached hydrogens (tertiary/aromatic N) is 1. The topological polar surface area (TPSA) is 53.6 Å². The molecule has 6 heteroatoms. The molecule has 0 radical (unpaired) electrons. The molecule has 2 N–H and O–H groups in total. The summed E-state index contributed by atoms with van der Waals surface area (Å²) < 4.78 is 5.34. The molecule has 1 fully saturated rings. The molecule has 114 valence electrons. The van der Waals surface area contributed by atoms with Gasteiger partial charge in [0.05, 0.1) is 13.2 Å². The summed E-state index contributed by atoms with van der Waals surface area (Å²) in [7, 11) is 0. The molecule has 0 saturated carbocycles. The number of thiocarbonyl (C=S) groups is 1. The van der Waals surface area contributed by atoms with E-state index in [2.05, 4.69) is 15.5 Å². The molecule has 2 rings (SSSR count). The Morgan fingerprint density at radius 1 is 1.24 bits per heavy atom. The molecule has 1 aliphatic rings. The number of carbonyl (C=O) groups excluding carboxylic acids is 1. The molecule has 5 nitrogen and oxygen atoms in total. The van der Waals surface area contributed by atoms with Gasteiger partial charge in [-0.1, -0.05) is 13.8 Å². The molecule has 0 aromatic heterocycles. The summed E-state index contributed by atoms with van der Waals surface area (Å²) in [4.78, 5) is 13.8. The van der Waals surface area contributed by atoms with Crippen molar-refractivity contribution in [1.82, 2.24) is 5.32 Å². The molecule has 1 aromatic carbocycles. The number of hydrogen-bond donors (Lipinski definition) is 2. The first kappa shape index (κ1) is 15.7. The van der Waals surface area contributed by atoms with Crippen molar-refractivity contribution in [2.24, 2.45) is 5.92 Å². The normalized spacial score (nSPS) is 14.9. The van der Waals surface area contributed by atoms with Crippen LogP contribution in [0.4, 0.5) is 11.4 Å². The molecule has 1 heterocycles. The first-order chi connectivity index (χ1) is 10.1. The van der Waals surface area contributed by atoms with Gasteiger partial charge in [0.2, 0.25) is 5.91 Å². The van der Waals surface area contributed by atoms with Crippen LogP contribution in [0.1, 0.15) is 13.8 Å². The van der Waals surface area contributed by atoms with Crippen molar-refractivity contribution in [3.63, 3.8) is 0 Å². The first-order valence-corrected chi connectivity index (χ1v) is 7.51.